The summed E-state index contributed by atoms with van der Waals surface area (Å²) in [7, 11) is 0. The van der Waals surface area contributed by atoms with Crippen molar-refractivity contribution in [1.82, 2.24) is 4.90 Å². The molecule has 2 aromatic carbocycles. The van der Waals surface area contributed by atoms with Gasteiger partial charge in [0.1, 0.15) is 12.2 Å². The number of aliphatic carboxylic acids is 1. The number of ketones is 1. The van der Waals surface area contributed by atoms with Crippen LogP contribution >= 0.6 is 23.2 Å². The third-order valence-corrected chi connectivity index (χ3v) is 8.29. The number of carbonyl (C=O) groups excluding carboxylic acids is 2. The Hall–Kier alpha value is -2.37. The van der Waals surface area contributed by atoms with Crippen molar-refractivity contribution in [3.8, 4) is 0 Å². The number of Topliss-reactive ketones (excluding diaryl/α,β-unsaturated/α-hetero) is 1. The van der Waals surface area contributed by atoms with E-state index in [2.05, 4.69) is 13.8 Å². The molecule has 1 aliphatic rings. The molecule has 7 heteroatoms. The van der Waals surface area contributed by atoms with Crippen molar-refractivity contribution in [3.63, 3.8) is 0 Å². The number of benzene rings is 2. The molecule has 5 nitrogen and oxygen atoms in total. The highest BCUT2D eigenvalue weighted by molar-refractivity contribution is 6.30. The van der Waals surface area contributed by atoms with Crippen LogP contribution in [0.3, 0.4) is 0 Å². The predicted molar refractivity (Wildman–Crippen MR) is 143 cm³/mol. The average molecular weight is 533 g/mol. The van der Waals surface area contributed by atoms with Crippen molar-refractivity contribution < 1.29 is 19.5 Å². The molecule has 4 atom stereocenters. The molecule has 1 aliphatic heterocycles. The van der Waals surface area contributed by atoms with Gasteiger partial charge in [0.25, 0.3) is 0 Å². The van der Waals surface area contributed by atoms with Gasteiger partial charge in [-0.1, -0.05) is 81.1 Å². The molecule has 0 bridgehead atoms. The first-order valence-electron chi connectivity index (χ1n) is 12.6. The normalized spacial score (nSPS) is 24.2. The molecule has 1 N–H and O–H groups in total. The van der Waals surface area contributed by atoms with Gasteiger partial charge in [-0.2, -0.15) is 0 Å². The summed E-state index contributed by atoms with van der Waals surface area (Å²) in [4.78, 5) is 40.4. The summed E-state index contributed by atoms with van der Waals surface area (Å²) in [6.07, 6.45) is 0.953. The molecule has 1 saturated heterocycles. The van der Waals surface area contributed by atoms with Gasteiger partial charge in [0, 0.05) is 28.9 Å². The lowest BCUT2D eigenvalue weighted by atomic mass is 9.54. The SMILES string of the molecule is CCC(CC)C1[C@H](c2cccc(Cl)c2)[C@@H](c2ccc(Cl)cc2)N(CC)C(=O)[C@]1(C)CC(=O)CC(=O)O. The van der Waals surface area contributed by atoms with E-state index in [1.165, 1.54) is 0 Å². The Labute approximate surface area is 223 Å². The van der Waals surface area contributed by atoms with E-state index in [0.29, 0.717) is 16.6 Å². The van der Waals surface area contributed by atoms with Crippen LogP contribution in [0.15, 0.2) is 48.5 Å². The summed E-state index contributed by atoms with van der Waals surface area (Å²) in [6.45, 7) is 8.46. The highest BCUT2D eigenvalue weighted by Gasteiger charge is 2.58. The van der Waals surface area contributed by atoms with Crippen LogP contribution in [0.4, 0.5) is 0 Å². The van der Waals surface area contributed by atoms with E-state index in [4.69, 9.17) is 23.2 Å². The first-order valence-corrected chi connectivity index (χ1v) is 13.4. The fraction of sp³-hybridized carbons (Fsp3) is 0.483. The van der Waals surface area contributed by atoms with Crippen LogP contribution in [0.5, 0.6) is 0 Å². The van der Waals surface area contributed by atoms with E-state index >= 15 is 0 Å². The Balaban J connectivity index is 2.31. The molecule has 194 valence electrons. The monoisotopic (exact) mass is 531 g/mol. The van der Waals surface area contributed by atoms with Gasteiger partial charge in [0.15, 0.2) is 0 Å². The van der Waals surface area contributed by atoms with Gasteiger partial charge in [-0.05, 0) is 54.2 Å². The third kappa shape index (κ3) is 5.63. The number of hydrogen-bond acceptors (Lipinski definition) is 3. The van der Waals surface area contributed by atoms with Crippen molar-refractivity contribution in [2.75, 3.05) is 6.54 Å². The summed E-state index contributed by atoms with van der Waals surface area (Å²) in [5, 5.41) is 10.5. The van der Waals surface area contributed by atoms with E-state index < -0.39 is 23.6 Å². The number of likely N-dealkylation sites (N-methyl/N-ethyl adjacent to an activating group) is 1. The molecule has 0 radical (unpaired) electrons. The Bertz CT molecular complexity index is 1100. The molecule has 2 aromatic rings. The molecule has 36 heavy (non-hydrogen) atoms. The van der Waals surface area contributed by atoms with Crippen molar-refractivity contribution in [3.05, 3.63) is 69.7 Å². The van der Waals surface area contributed by atoms with Crippen molar-refractivity contribution >= 4 is 40.9 Å². The van der Waals surface area contributed by atoms with Crippen molar-refractivity contribution in [1.29, 1.82) is 0 Å². The first kappa shape index (κ1) is 28.2. The van der Waals surface area contributed by atoms with Crippen LogP contribution in [-0.2, 0) is 14.4 Å². The summed E-state index contributed by atoms with van der Waals surface area (Å²) in [5.74, 6) is -1.95. The second kappa shape index (κ2) is 11.8. The van der Waals surface area contributed by atoms with Gasteiger partial charge in [0.2, 0.25) is 5.91 Å². The van der Waals surface area contributed by atoms with Crippen LogP contribution in [0.1, 0.15) is 76.5 Å². The van der Waals surface area contributed by atoms with E-state index in [-0.39, 0.29) is 36.1 Å². The molecular formula is C29H35Cl2NO4. The lowest BCUT2D eigenvalue weighted by Crippen LogP contribution is -2.59. The quantitative estimate of drug-likeness (QED) is 0.329. The summed E-state index contributed by atoms with van der Waals surface area (Å²) in [6, 6.07) is 15.0. The maximum absolute atomic E-state index is 14.3. The number of rotatable bonds is 10. The van der Waals surface area contributed by atoms with Crippen molar-refractivity contribution in [2.45, 2.75) is 65.3 Å². The zero-order valence-corrected chi connectivity index (χ0v) is 22.9. The maximum Gasteiger partial charge on any atom is 0.310 e. The Morgan fingerprint density at radius 1 is 1.00 bits per heavy atom. The van der Waals surface area contributed by atoms with E-state index in [1.807, 2.05) is 67.3 Å². The fourth-order valence-corrected chi connectivity index (χ4v) is 6.64. The molecule has 1 fully saturated rings. The van der Waals surface area contributed by atoms with Crippen LogP contribution in [0.25, 0.3) is 0 Å². The molecule has 0 saturated carbocycles. The van der Waals surface area contributed by atoms with Crippen LogP contribution in [0, 0.1) is 17.3 Å². The number of hydrogen-bond donors (Lipinski definition) is 1. The van der Waals surface area contributed by atoms with E-state index in [0.717, 1.165) is 24.0 Å². The Kier molecular flexibility index (Phi) is 9.23. The lowest BCUT2D eigenvalue weighted by molar-refractivity contribution is -0.164. The van der Waals surface area contributed by atoms with Gasteiger partial charge in [-0.3, -0.25) is 14.4 Å². The third-order valence-electron chi connectivity index (χ3n) is 7.80. The smallest absolute Gasteiger partial charge is 0.310 e. The van der Waals surface area contributed by atoms with Gasteiger partial charge < -0.3 is 10.0 Å². The number of carbonyl (C=O) groups is 3. The minimum absolute atomic E-state index is 0.111. The van der Waals surface area contributed by atoms with Gasteiger partial charge in [-0.15, -0.1) is 0 Å². The molecule has 0 aromatic heterocycles. The van der Waals surface area contributed by atoms with Crippen molar-refractivity contribution in [2.24, 2.45) is 17.3 Å². The molecule has 1 amide bonds. The lowest BCUT2D eigenvalue weighted by Gasteiger charge is -2.56. The van der Waals surface area contributed by atoms with E-state index in [9.17, 15) is 19.5 Å². The number of carboxylic acid groups (broad SMARTS) is 1. The number of amides is 1. The molecule has 3 rings (SSSR count). The zero-order valence-electron chi connectivity index (χ0n) is 21.3. The molecular weight excluding hydrogens is 497 g/mol. The second-order valence-electron chi connectivity index (χ2n) is 9.97. The largest absolute Gasteiger partial charge is 0.481 e. The Morgan fingerprint density at radius 2 is 1.64 bits per heavy atom. The number of piperidine rings is 1. The number of nitrogens with zero attached hydrogens (tertiary/aromatic N) is 1. The molecule has 1 unspecified atom stereocenters. The summed E-state index contributed by atoms with van der Waals surface area (Å²) < 4.78 is 0. The highest BCUT2D eigenvalue weighted by atomic mass is 35.5. The average Bonchev–Trinajstić information content (AvgIpc) is 2.82. The zero-order chi connectivity index (χ0) is 26.6. The molecule has 0 spiro atoms. The van der Waals surface area contributed by atoms with Crippen LogP contribution in [-0.4, -0.2) is 34.2 Å². The van der Waals surface area contributed by atoms with Gasteiger partial charge >= 0.3 is 5.97 Å². The van der Waals surface area contributed by atoms with Crippen LogP contribution < -0.4 is 0 Å². The maximum atomic E-state index is 14.3. The fourth-order valence-electron chi connectivity index (χ4n) is 6.32. The summed E-state index contributed by atoms with van der Waals surface area (Å²) in [5.41, 5.74) is 0.909. The predicted octanol–water partition coefficient (Wildman–Crippen LogP) is 7.17. The molecule has 1 heterocycles. The minimum atomic E-state index is -1.18. The minimum Gasteiger partial charge on any atom is -0.481 e. The Morgan fingerprint density at radius 3 is 2.17 bits per heavy atom. The molecule has 0 aliphatic carbocycles. The van der Waals surface area contributed by atoms with Gasteiger partial charge in [-0.25, -0.2) is 0 Å². The number of likely N-dealkylation sites (tertiary alicyclic amines) is 1. The van der Waals surface area contributed by atoms with Crippen LogP contribution in [0.2, 0.25) is 10.0 Å². The standard InChI is InChI=1S/C29H35Cl2NO4/c1-5-18(6-2)26-25(20-9-8-10-22(31)15-20)27(19-11-13-21(30)14-12-19)32(7-3)28(36)29(26,4)17-23(33)16-24(34)35/h8-15,18,25-27H,5-7,16-17H2,1-4H3,(H,34,35)/t25-,26?,27+,29+/m0/s1. The second-order valence-corrected chi connectivity index (χ2v) is 10.8. The van der Waals surface area contributed by atoms with Gasteiger partial charge in [0.05, 0.1) is 11.5 Å². The topological polar surface area (TPSA) is 74.7 Å². The number of halogens is 2. The van der Waals surface area contributed by atoms with E-state index in [1.54, 1.807) is 0 Å². The highest BCUT2D eigenvalue weighted by Crippen LogP contribution is 2.58. The number of carboxylic acids is 1. The first-order chi connectivity index (χ1) is 17.1. The summed E-state index contributed by atoms with van der Waals surface area (Å²) >= 11 is 12.7.